The Hall–Kier alpha value is -1.97. The van der Waals surface area contributed by atoms with E-state index in [0.717, 1.165) is 13.0 Å². The van der Waals surface area contributed by atoms with E-state index in [9.17, 15) is 28.1 Å². The van der Waals surface area contributed by atoms with Gasteiger partial charge in [-0.05, 0) is 17.7 Å². The van der Waals surface area contributed by atoms with Gasteiger partial charge in [-0.3, -0.25) is 14.9 Å². The summed E-state index contributed by atoms with van der Waals surface area (Å²) in [6, 6.07) is -2.80. The summed E-state index contributed by atoms with van der Waals surface area (Å²) in [5.74, 6) is -1.90. The fraction of sp³-hybridized carbons (Fsp3) is 0.500. The molecule has 3 atom stereocenters. The molecule has 1 aliphatic carbocycles. The molecule has 0 aromatic rings. The Morgan fingerprint density at radius 2 is 1.95 bits per heavy atom. The standard InChI is InChI=1S/C10H8ClF3N2O5/c1-4(17)15-5-2-7-8(3-6(5)16(18)19)21-10(13,14)9(11,12)20-7/h2-3,5-6H,1H3,(H,15,17). The van der Waals surface area contributed by atoms with E-state index in [-0.39, 0.29) is 0 Å². The molecule has 21 heavy (non-hydrogen) atoms. The highest BCUT2D eigenvalue weighted by Gasteiger charge is 2.65. The van der Waals surface area contributed by atoms with Crippen LogP contribution >= 0.6 is 11.6 Å². The quantitative estimate of drug-likeness (QED) is 0.470. The Kier molecular flexibility index (Phi) is 3.52. The first-order valence-corrected chi connectivity index (χ1v) is 5.89. The van der Waals surface area contributed by atoms with Crippen molar-refractivity contribution in [3.8, 4) is 0 Å². The fourth-order valence-corrected chi connectivity index (χ4v) is 1.92. The molecule has 116 valence electrons. The highest BCUT2D eigenvalue weighted by molar-refractivity contribution is 6.22. The van der Waals surface area contributed by atoms with Crippen LogP contribution in [0.2, 0.25) is 0 Å². The molecule has 0 aromatic carbocycles. The fourth-order valence-electron chi connectivity index (χ4n) is 1.80. The molecule has 0 saturated carbocycles. The van der Waals surface area contributed by atoms with Crippen LogP contribution in [0.1, 0.15) is 6.92 Å². The van der Waals surface area contributed by atoms with Gasteiger partial charge in [0, 0.05) is 17.9 Å². The first-order chi connectivity index (χ1) is 9.53. The van der Waals surface area contributed by atoms with Gasteiger partial charge in [0.25, 0.3) is 6.04 Å². The SMILES string of the molecule is CC(=O)NC1C=C2OC(F)(Cl)C(F)(F)OC2=CC1[N+](=O)[O-]. The maximum Gasteiger partial charge on any atom is 0.488 e. The number of nitrogens with one attached hydrogen (secondary N) is 1. The van der Waals surface area contributed by atoms with Crippen molar-refractivity contribution in [1.82, 2.24) is 5.32 Å². The molecule has 0 bridgehead atoms. The highest BCUT2D eigenvalue weighted by atomic mass is 35.5. The van der Waals surface area contributed by atoms with Gasteiger partial charge in [0.1, 0.15) is 6.04 Å². The van der Waals surface area contributed by atoms with E-state index in [4.69, 9.17) is 11.6 Å². The Bertz CT molecular complexity index is 563. The van der Waals surface area contributed by atoms with Gasteiger partial charge < -0.3 is 14.8 Å². The molecule has 0 aromatic heterocycles. The van der Waals surface area contributed by atoms with Crippen LogP contribution in [-0.4, -0.2) is 34.3 Å². The van der Waals surface area contributed by atoms with Gasteiger partial charge in [0.15, 0.2) is 11.5 Å². The van der Waals surface area contributed by atoms with E-state index in [1.54, 1.807) is 0 Å². The molecule has 1 N–H and O–H groups in total. The minimum absolute atomic E-state index is 0.560. The Morgan fingerprint density at radius 1 is 1.38 bits per heavy atom. The molecule has 0 radical (unpaired) electrons. The third kappa shape index (κ3) is 2.75. The number of hydrogen-bond donors (Lipinski definition) is 1. The lowest BCUT2D eigenvalue weighted by atomic mass is 10.0. The van der Waals surface area contributed by atoms with Crippen molar-refractivity contribution in [3.05, 3.63) is 33.8 Å². The van der Waals surface area contributed by atoms with Crippen LogP contribution in [0.4, 0.5) is 13.2 Å². The van der Waals surface area contributed by atoms with Crippen LogP contribution in [0.15, 0.2) is 23.7 Å². The number of alkyl halides is 4. The topological polar surface area (TPSA) is 90.7 Å². The van der Waals surface area contributed by atoms with E-state index >= 15 is 0 Å². The van der Waals surface area contributed by atoms with Crippen molar-refractivity contribution < 1.29 is 32.4 Å². The van der Waals surface area contributed by atoms with Gasteiger partial charge in [-0.25, -0.2) is 0 Å². The third-order valence-electron chi connectivity index (χ3n) is 2.69. The summed E-state index contributed by atoms with van der Waals surface area (Å²) in [7, 11) is 0. The van der Waals surface area contributed by atoms with Crippen LogP contribution in [0.5, 0.6) is 0 Å². The molecule has 11 heteroatoms. The Balaban J connectivity index is 2.38. The second-order valence-electron chi connectivity index (χ2n) is 4.30. The third-order valence-corrected chi connectivity index (χ3v) is 2.99. The summed E-state index contributed by atoms with van der Waals surface area (Å²) >= 11 is 4.88. The van der Waals surface area contributed by atoms with Crippen molar-refractivity contribution >= 4 is 17.5 Å². The monoisotopic (exact) mass is 328 g/mol. The van der Waals surface area contributed by atoms with Gasteiger partial charge >= 0.3 is 11.4 Å². The van der Waals surface area contributed by atoms with Crippen LogP contribution in [0.3, 0.4) is 0 Å². The number of carbonyl (C=O) groups excluding carboxylic acids is 1. The van der Waals surface area contributed by atoms with Crippen LogP contribution in [0.25, 0.3) is 0 Å². The van der Waals surface area contributed by atoms with E-state index in [1.807, 2.05) is 0 Å². The predicted molar refractivity (Wildman–Crippen MR) is 61.4 cm³/mol. The highest BCUT2D eigenvalue weighted by Crippen LogP contribution is 2.48. The molecule has 1 heterocycles. The maximum absolute atomic E-state index is 13.4. The molecule has 3 unspecified atom stereocenters. The number of fused-ring (bicyclic) bond motifs is 1. The summed E-state index contributed by atoms with van der Waals surface area (Å²) < 4.78 is 48.2. The van der Waals surface area contributed by atoms with Crippen LogP contribution in [0, 0.1) is 10.1 Å². The number of amides is 1. The van der Waals surface area contributed by atoms with E-state index in [2.05, 4.69) is 14.8 Å². The number of halogens is 4. The lowest BCUT2D eigenvalue weighted by Crippen LogP contribution is -2.51. The number of ether oxygens (including phenoxy) is 2. The van der Waals surface area contributed by atoms with Crippen molar-refractivity contribution in [1.29, 1.82) is 0 Å². The Labute approximate surface area is 120 Å². The van der Waals surface area contributed by atoms with E-state index < -0.39 is 45.9 Å². The molecular weight excluding hydrogens is 321 g/mol. The van der Waals surface area contributed by atoms with Crippen molar-refractivity contribution in [2.24, 2.45) is 0 Å². The van der Waals surface area contributed by atoms with Gasteiger partial charge in [0.05, 0.1) is 0 Å². The van der Waals surface area contributed by atoms with Gasteiger partial charge in [-0.1, -0.05) is 0 Å². The second kappa shape index (κ2) is 4.79. The van der Waals surface area contributed by atoms with Gasteiger partial charge in [0.2, 0.25) is 5.91 Å². The number of hydrogen-bond acceptors (Lipinski definition) is 5. The molecule has 7 nitrogen and oxygen atoms in total. The average Bonchev–Trinajstić information content (AvgIpc) is 2.28. The summed E-state index contributed by atoms with van der Waals surface area (Å²) in [4.78, 5) is 21.1. The van der Waals surface area contributed by atoms with E-state index in [1.165, 1.54) is 0 Å². The van der Waals surface area contributed by atoms with Gasteiger partial charge in [-0.15, -0.1) is 0 Å². The van der Waals surface area contributed by atoms with Crippen molar-refractivity contribution in [2.45, 2.75) is 30.4 Å². The Morgan fingerprint density at radius 3 is 2.48 bits per heavy atom. The predicted octanol–water partition coefficient (Wildman–Crippen LogP) is 1.42. The molecule has 2 rings (SSSR count). The number of carbonyl (C=O) groups is 1. The lowest BCUT2D eigenvalue weighted by molar-refractivity contribution is -0.512. The van der Waals surface area contributed by atoms with E-state index in [0.29, 0.717) is 6.08 Å². The largest absolute Gasteiger partial charge is 0.488 e. The summed E-state index contributed by atoms with van der Waals surface area (Å²) in [6.07, 6.45) is -2.95. The molecular formula is C10H8ClF3N2O5. The second-order valence-corrected chi connectivity index (χ2v) is 4.79. The minimum atomic E-state index is -4.53. The smallest absolute Gasteiger partial charge is 0.434 e. The number of nitrogens with zero attached hydrogens (tertiary/aromatic N) is 1. The number of nitro groups is 1. The summed E-state index contributed by atoms with van der Waals surface area (Å²) in [5.41, 5.74) is 0. The summed E-state index contributed by atoms with van der Waals surface area (Å²) in [5, 5.41) is 9.15. The van der Waals surface area contributed by atoms with Crippen molar-refractivity contribution in [3.63, 3.8) is 0 Å². The summed E-state index contributed by atoms with van der Waals surface area (Å²) in [6.45, 7) is 1.10. The zero-order valence-electron chi connectivity index (χ0n) is 10.3. The normalized spacial score (nSPS) is 33.6. The molecule has 0 spiro atoms. The molecule has 1 amide bonds. The lowest BCUT2D eigenvalue weighted by Gasteiger charge is -2.37. The average molecular weight is 329 g/mol. The number of rotatable bonds is 2. The van der Waals surface area contributed by atoms with Gasteiger partial charge in [-0.2, -0.15) is 13.2 Å². The van der Waals surface area contributed by atoms with Crippen LogP contribution in [-0.2, 0) is 14.3 Å². The van der Waals surface area contributed by atoms with Crippen molar-refractivity contribution in [2.75, 3.05) is 0 Å². The molecule has 2 aliphatic rings. The first kappa shape index (κ1) is 15.4. The zero-order valence-corrected chi connectivity index (χ0v) is 11.1. The minimum Gasteiger partial charge on any atom is -0.434 e. The first-order valence-electron chi connectivity index (χ1n) is 5.52. The molecule has 1 fully saturated rings. The maximum atomic E-state index is 13.4. The zero-order chi connectivity index (χ0) is 16.0. The van der Waals surface area contributed by atoms with Crippen LogP contribution < -0.4 is 5.32 Å². The molecule has 1 aliphatic heterocycles. The molecule has 1 saturated heterocycles.